The van der Waals surface area contributed by atoms with Gasteiger partial charge in [-0.1, -0.05) is 25.1 Å². The minimum Gasteiger partial charge on any atom is -0.372 e. The number of amides is 2. The smallest absolute Gasteiger partial charge is 0.321 e. The van der Waals surface area contributed by atoms with Crippen LogP contribution in [0.3, 0.4) is 0 Å². The number of nitrogens with one attached hydrogen (secondary N) is 1. The van der Waals surface area contributed by atoms with Gasteiger partial charge in [-0.3, -0.25) is 0 Å². The minimum atomic E-state index is -0.00238. The summed E-state index contributed by atoms with van der Waals surface area (Å²) in [5.41, 5.74) is 4.58. The second kappa shape index (κ2) is 9.49. The van der Waals surface area contributed by atoms with E-state index in [1.165, 1.54) is 16.9 Å². The van der Waals surface area contributed by atoms with E-state index in [1.54, 1.807) is 0 Å². The first kappa shape index (κ1) is 20.1. The molecule has 0 atom stereocenters. The fourth-order valence-electron chi connectivity index (χ4n) is 3.78. The molecule has 0 spiro atoms. The van der Waals surface area contributed by atoms with Crippen molar-refractivity contribution in [3.8, 4) is 0 Å². The molecule has 0 saturated carbocycles. The van der Waals surface area contributed by atoms with E-state index < -0.39 is 0 Å². The molecule has 2 aromatic carbocycles. The number of carbonyl (C=O) groups is 1. The van der Waals surface area contributed by atoms with Crippen molar-refractivity contribution in [2.24, 2.45) is 0 Å². The molecular weight excluding hydrogens is 348 g/mol. The Labute approximate surface area is 168 Å². The molecule has 150 valence electrons. The topological polar surface area (TPSA) is 38.8 Å². The van der Waals surface area contributed by atoms with Gasteiger partial charge in [0.1, 0.15) is 0 Å². The van der Waals surface area contributed by atoms with E-state index in [0.29, 0.717) is 0 Å². The van der Waals surface area contributed by atoms with Crippen LogP contribution in [0.2, 0.25) is 0 Å². The number of rotatable bonds is 6. The molecule has 0 unspecified atom stereocenters. The van der Waals surface area contributed by atoms with Gasteiger partial charge >= 0.3 is 6.03 Å². The first-order valence-corrected chi connectivity index (χ1v) is 10.4. The lowest BCUT2D eigenvalue weighted by Crippen LogP contribution is -2.50. The summed E-state index contributed by atoms with van der Waals surface area (Å²) >= 11 is 0. The summed E-state index contributed by atoms with van der Waals surface area (Å²) in [4.78, 5) is 19.3. The van der Waals surface area contributed by atoms with Crippen LogP contribution in [0.1, 0.15) is 26.3 Å². The van der Waals surface area contributed by atoms with Crippen LogP contribution in [0, 0.1) is 0 Å². The number of carbonyl (C=O) groups excluding carboxylic acids is 1. The second-order valence-electron chi connectivity index (χ2n) is 7.10. The second-order valence-corrected chi connectivity index (χ2v) is 7.10. The average Bonchev–Trinajstić information content (AvgIpc) is 2.75. The van der Waals surface area contributed by atoms with Crippen molar-refractivity contribution in [1.82, 2.24) is 4.90 Å². The third kappa shape index (κ3) is 4.58. The highest BCUT2D eigenvalue weighted by atomic mass is 16.2. The van der Waals surface area contributed by atoms with Crippen molar-refractivity contribution in [3.05, 3.63) is 54.1 Å². The van der Waals surface area contributed by atoms with Gasteiger partial charge in [0.2, 0.25) is 0 Å². The van der Waals surface area contributed by atoms with Crippen molar-refractivity contribution < 1.29 is 4.79 Å². The van der Waals surface area contributed by atoms with E-state index in [9.17, 15) is 4.79 Å². The quantitative estimate of drug-likeness (QED) is 0.805. The summed E-state index contributed by atoms with van der Waals surface area (Å²) in [6.45, 7) is 11.7. The average molecular weight is 381 g/mol. The van der Waals surface area contributed by atoms with Gasteiger partial charge in [0.05, 0.1) is 0 Å². The number of para-hydroxylation sites is 1. The Bertz CT molecular complexity index is 762. The number of piperazine rings is 1. The molecule has 1 fully saturated rings. The largest absolute Gasteiger partial charge is 0.372 e. The summed E-state index contributed by atoms with van der Waals surface area (Å²) in [7, 11) is 0. The Kier molecular flexibility index (Phi) is 6.80. The van der Waals surface area contributed by atoms with Crippen LogP contribution < -0.4 is 15.1 Å². The molecule has 0 aromatic heterocycles. The Morgan fingerprint density at radius 2 is 1.57 bits per heavy atom. The highest BCUT2D eigenvalue weighted by molar-refractivity contribution is 5.90. The third-order valence-corrected chi connectivity index (χ3v) is 5.55. The maximum Gasteiger partial charge on any atom is 0.321 e. The van der Waals surface area contributed by atoms with Gasteiger partial charge in [-0.15, -0.1) is 0 Å². The molecule has 2 amide bonds. The number of hydrogen-bond acceptors (Lipinski definition) is 3. The summed E-state index contributed by atoms with van der Waals surface area (Å²) < 4.78 is 0. The van der Waals surface area contributed by atoms with Crippen molar-refractivity contribution in [1.29, 1.82) is 0 Å². The normalized spacial score (nSPS) is 14.1. The van der Waals surface area contributed by atoms with Gasteiger partial charge in [-0.25, -0.2) is 4.79 Å². The fourth-order valence-corrected chi connectivity index (χ4v) is 3.78. The van der Waals surface area contributed by atoms with E-state index in [1.807, 2.05) is 23.1 Å². The van der Waals surface area contributed by atoms with Gasteiger partial charge in [0.25, 0.3) is 0 Å². The predicted molar refractivity (Wildman–Crippen MR) is 119 cm³/mol. The van der Waals surface area contributed by atoms with E-state index in [-0.39, 0.29) is 6.03 Å². The zero-order valence-corrected chi connectivity index (χ0v) is 17.3. The fraction of sp³-hybridized carbons (Fsp3) is 0.435. The van der Waals surface area contributed by atoms with E-state index >= 15 is 0 Å². The van der Waals surface area contributed by atoms with Crippen LogP contribution in [-0.4, -0.2) is 50.2 Å². The number of hydrogen-bond donors (Lipinski definition) is 1. The van der Waals surface area contributed by atoms with Crippen LogP contribution in [0.4, 0.5) is 21.9 Å². The molecule has 1 saturated heterocycles. The number of nitrogens with zero attached hydrogens (tertiary/aromatic N) is 3. The monoisotopic (exact) mass is 380 g/mol. The molecule has 1 N–H and O–H groups in total. The zero-order valence-electron chi connectivity index (χ0n) is 17.3. The standard InChI is InChI=1S/C23H32N4O/c1-4-19-9-7-8-10-22(19)24-23(28)27-17-15-26(16-18-27)21-13-11-20(12-14-21)25(5-2)6-3/h7-14H,4-6,15-18H2,1-3H3,(H,24,28). The Hall–Kier alpha value is -2.69. The van der Waals surface area contributed by atoms with Crippen molar-refractivity contribution in [2.45, 2.75) is 27.2 Å². The van der Waals surface area contributed by atoms with E-state index in [2.05, 4.69) is 66.2 Å². The first-order valence-electron chi connectivity index (χ1n) is 10.4. The highest BCUT2D eigenvalue weighted by Crippen LogP contribution is 2.22. The molecule has 1 aliphatic heterocycles. The summed E-state index contributed by atoms with van der Waals surface area (Å²) in [6, 6.07) is 16.8. The Morgan fingerprint density at radius 3 is 2.18 bits per heavy atom. The van der Waals surface area contributed by atoms with Gasteiger partial charge in [-0.2, -0.15) is 0 Å². The van der Waals surface area contributed by atoms with Crippen molar-refractivity contribution in [3.63, 3.8) is 0 Å². The molecule has 1 heterocycles. The van der Waals surface area contributed by atoms with Gasteiger partial charge < -0.3 is 20.0 Å². The number of anilines is 3. The van der Waals surface area contributed by atoms with Crippen LogP contribution in [-0.2, 0) is 6.42 Å². The Morgan fingerprint density at radius 1 is 0.929 bits per heavy atom. The van der Waals surface area contributed by atoms with E-state index in [4.69, 9.17) is 0 Å². The molecule has 3 rings (SSSR count). The summed E-state index contributed by atoms with van der Waals surface area (Å²) in [6.07, 6.45) is 0.910. The van der Waals surface area contributed by atoms with Crippen LogP contribution in [0.25, 0.3) is 0 Å². The van der Waals surface area contributed by atoms with E-state index in [0.717, 1.165) is 51.4 Å². The summed E-state index contributed by atoms with van der Waals surface area (Å²) in [5, 5.41) is 3.08. The SMILES string of the molecule is CCc1ccccc1NC(=O)N1CCN(c2ccc(N(CC)CC)cc2)CC1. The Balaban J connectivity index is 1.56. The lowest BCUT2D eigenvalue weighted by Gasteiger charge is -2.36. The van der Waals surface area contributed by atoms with Gasteiger partial charge in [-0.05, 0) is 56.2 Å². The predicted octanol–water partition coefficient (Wildman–Crippen LogP) is 4.45. The number of urea groups is 1. The molecule has 0 aliphatic carbocycles. The third-order valence-electron chi connectivity index (χ3n) is 5.55. The van der Waals surface area contributed by atoms with Crippen LogP contribution >= 0.6 is 0 Å². The number of benzene rings is 2. The highest BCUT2D eigenvalue weighted by Gasteiger charge is 2.22. The summed E-state index contributed by atoms with van der Waals surface area (Å²) in [5.74, 6) is 0. The maximum atomic E-state index is 12.7. The lowest BCUT2D eigenvalue weighted by molar-refractivity contribution is 0.208. The molecule has 2 aromatic rings. The van der Waals surface area contributed by atoms with Gasteiger partial charge in [0, 0.05) is 56.3 Å². The van der Waals surface area contributed by atoms with Crippen LogP contribution in [0.5, 0.6) is 0 Å². The molecule has 5 nitrogen and oxygen atoms in total. The van der Waals surface area contributed by atoms with Crippen molar-refractivity contribution in [2.75, 3.05) is 54.4 Å². The first-order chi connectivity index (χ1) is 13.7. The van der Waals surface area contributed by atoms with Crippen LogP contribution in [0.15, 0.2) is 48.5 Å². The molecule has 1 aliphatic rings. The minimum absolute atomic E-state index is 0.00238. The molecule has 28 heavy (non-hydrogen) atoms. The van der Waals surface area contributed by atoms with Crippen molar-refractivity contribution >= 4 is 23.1 Å². The molecule has 0 radical (unpaired) electrons. The molecule has 0 bridgehead atoms. The lowest BCUT2D eigenvalue weighted by atomic mass is 10.1. The maximum absolute atomic E-state index is 12.7. The zero-order chi connectivity index (χ0) is 19.9. The van der Waals surface area contributed by atoms with Gasteiger partial charge in [0.15, 0.2) is 0 Å². The molecule has 5 heteroatoms. The number of aryl methyl sites for hydroxylation is 1. The molecular formula is C23H32N4O.